The molecule has 0 saturated carbocycles. The summed E-state index contributed by atoms with van der Waals surface area (Å²) in [5.74, 6) is 0. The molecule has 104 valence electrons. The van der Waals surface area contributed by atoms with Crippen LogP contribution < -0.4 is 5.73 Å². The van der Waals surface area contributed by atoms with Gasteiger partial charge >= 0.3 is 6.09 Å². The third-order valence-corrected chi connectivity index (χ3v) is 3.26. The average Bonchev–Trinajstić information content (AvgIpc) is 2.35. The van der Waals surface area contributed by atoms with E-state index in [1.807, 2.05) is 32.9 Å². The van der Waals surface area contributed by atoms with E-state index < -0.39 is 5.60 Å². The van der Waals surface area contributed by atoms with Gasteiger partial charge < -0.3 is 10.5 Å². The molecule has 1 aromatic rings. The van der Waals surface area contributed by atoms with Gasteiger partial charge in [0.15, 0.2) is 0 Å². The van der Waals surface area contributed by atoms with Crippen LogP contribution in [-0.2, 0) is 17.7 Å². The van der Waals surface area contributed by atoms with Crippen molar-refractivity contribution in [1.29, 1.82) is 0 Å². The maximum Gasteiger partial charge on any atom is 0.410 e. The number of benzene rings is 1. The smallest absolute Gasteiger partial charge is 0.410 e. The minimum Gasteiger partial charge on any atom is -0.444 e. The summed E-state index contributed by atoms with van der Waals surface area (Å²) in [7, 11) is 0. The van der Waals surface area contributed by atoms with E-state index in [1.54, 1.807) is 4.90 Å². The molecule has 1 aromatic carbocycles. The number of amides is 1. The van der Waals surface area contributed by atoms with Crippen LogP contribution in [0.25, 0.3) is 0 Å². The molecule has 1 heterocycles. The highest BCUT2D eigenvalue weighted by Gasteiger charge is 2.31. The van der Waals surface area contributed by atoms with Crippen molar-refractivity contribution in [3.8, 4) is 0 Å². The summed E-state index contributed by atoms with van der Waals surface area (Å²) in [6, 6.07) is 8.19. The quantitative estimate of drug-likeness (QED) is 0.845. The van der Waals surface area contributed by atoms with Crippen LogP contribution in [0.1, 0.15) is 31.9 Å². The lowest BCUT2D eigenvalue weighted by Gasteiger charge is -2.37. The molecular weight excluding hydrogens is 240 g/mol. The lowest BCUT2D eigenvalue weighted by molar-refractivity contribution is 0.0128. The van der Waals surface area contributed by atoms with Gasteiger partial charge in [-0.2, -0.15) is 0 Å². The molecule has 1 aliphatic rings. The van der Waals surface area contributed by atoms with E-state index in [-0.39, 0.29) is 12.1 Å². The molecular formula is C15H22N2O2. The third kappa shape index (κ3) is 3.26. The molecule has 0 spiro atoms. The molecule has 1 atom stereocenters. The Hall–Kier alpha value is -1.55. The number of rotatable bonds is 1. The zero-order valence-corrected chi connectivity index (χ0v) is 11.8. The van der Waals surface area contributed by atoms with Gasteiger partial charge in [-0.15, -0.1) is 0 Å². The van der Waals surface area contributed by atoms with Crippen molar-refractivity contribution in [1.82, 2.24) is 4.90 Å². The third-order valence-electron chi connectivity index (χ3n) is 3.26. The minimum absolute atomic E-state index is 0.0183. The van der Waals surface area contributed by atoms with Gasteiger partial charge in [0.2, 0.25) is 0 Å². The van der Waals surface area contributed by atoms with E-state index in [1.165, 1.54) is 11.1 Å². The predicted octanol–water partition coefficient (Wildman–Crippen LogP) is 2.31. The molecule has 4 nitrogen and oxygen atoms in total. The van der Waals surface area contributed by atoms with Gasteiger partial charge in [0.25, 0.3) is 0 Å². The fraction of sp³-hybridized carbons (Fsp3) is 0.533. The average molecular weight is 262 g/mol. The standard InChI is InChI=1S/C15H22N2O2/c1-15(2,3)19-14(18)17-10-12-7-5-4-6-11(12)8-13(17)9-16/h4-7,13H,8-10,16H2,1-3H3. The molecule has 19 heavy (non-hydrogen) atoms. The van der Waals surface area contributed by atoms with Crippen molar-refractivity contribution in [2.24, 2.45) is 5.73 Å². The summed E-state index contributed by atoms with van der Waals surface area (Å²) in [4.78, 5) is 14.0. The summed E-state index contributed by atoms with van der Waals surface area (Å²) < 4.78 is 5.46. The Kier molecular flexibility index (Phi) is 3.80. The van der Waals surface area contributed by atoms with Crippen molar-refractivity contribution in [3.05, 3.63) is 35.4 Å². The molecule has 0 bridgehead atoms. The molecule has 1 unspecified atom stereocenters. The molecule has 0 fully saturated rings. The monoisotopic (exact) mass is 262 g/mol. The Bertz CT molecular complexity index is 465. The SMILES string of the molecule is CC(C)(C)OC(=O)N1Cc2ccccc2CC1CN. The first-order valence-corrected chi connectivity index (χ1v) is 6.67. The van der Waals surface area contributed by atoms with E-state index in [0.717, 1.165) is 6.42 Å². The van der Waals surface area contributed by atoms with Crippen LogP contribution in [-0.4, -0.2) is 29.2 Å². The summed E-state index contributed by atoms with van der Waals surface area (Å²) >= 11 is 0. The van der Waals surface area contributed by atoms with Gasteiger partial charge in [0, 0.05) is 13.1 Å². The van der Waals surface area contributed by atoms with Gasteiger partial charge in [0.1, 0.15) is 5.60 Å². The maximum absolute atomic E-state index is 12.2. The number of hydrogen-bond donors (Lipinski definition) is 1. The van der Waals surface area contributed by atoms with E-state index in [0.29, 0.717) is 13.1 Å². The fourth-order valence-electron chi connectivity index (χ4n) is 2.33. The van der Waals surface area contributed by atoms with Crippen LogP contribution in [0.2, 0.25) is 0 Å². The fourth-order valence-corrected chi connectivity index (χ4v) is 2.33. The van der Waals surface area contributed by atoms with Crippen molar-refractivity contribution >= 4 is 6.09 Å². The maximum atomic E-state index is 12.2. The normalized spacial score (nSPS) is 18.9. The van der Waals surface area contributed by atoms with E-state index in [9.17, 15) is 4.79 Å². The Morgan fingerprint density at radius 1 is 1.37 bits per heavy atom. The van der Waals surface area contributed by atoms with Crippen LogP contribution in [0.4, 0.5) is 4.79 Å². The summed E-state index contributed by atoms with van der Waals surface area (Å²) in [5.41, 5.74) is 7.78. The molecule has 1 aliphatic heterocycles. The predicted molar refractivity (Wildman–Crippen MR) is 74.8 cm³/mol. The Morgan fingerprint density at radius 3 is 2.58 bits per heavy atom. The second-order valence-corrected chi connectivity index (χ2v) is 5.97. The lowest BCUT2D eigenvalue weighted by atomic mass is 9.94. The zero-order valence-electron chi connectivity index (χ0n) is 11.8. The highest BCUT2D eigenvalue weighted by Crippen LogP contribution is 2.24. The van der Waals surface area contributed by atoms with Gasteiger partial charge in [-0.25, -0.2) is 4.79 Å². The highest BCUT2D eigenvalue weighted by atomic mass is 16.6. The van der Waals surface area contributed by atoms with Crippen LogP contribution >= 0.6 is 0 Å². The molecule has 4 heteroatoms. The Labute approximate surface area is 114 Å². The molecule has 1 amide bonds. The van der Waals surface area contributed by atoms with Gasteiger partial charge in [-0.1, -0.05) is 24.3 Å². The summed E-state index contributed by atoms with van der Waals surface area (Å²) in [5, 5.41) is 0. The molecule has 0 radical (unpaired) electrons. The molecule has 0 aliphatic carbocycles. The van der Waals surface area contributed by atoms with Gasteiger partial charge in [0.05, 0.1) is 6.04 Å². The van der Waals surface area contributed by atoms with E-state index in [2.05, 4.69) is 12.1 Å². The number of fused-ring (bicyclic) bond motifs is 1. The molecule has 2 N–H and O–H groups in total. The van der Waals surface area contributed by atoms with Crippen LogP contribution in [0, 0.1) is 0 Å². The van der Waals surface area contributed by atoms with Crippen molar-refractivity contribution in [2.75, 3.05) is 6.54 Å². The first-order valence-electron chi connectivity index (χ1n) is 6.67. The minimum atomic E-state index is -0.479. The summed E-state index contributed by atoms with van der Waals surface area (Å²) in [6.45, 7) is 6.65. The number of nitrogens with zero attached hydrogens (tertiary/aromatic N) is 1. The van der Waals surface area contributed by atoms with Crippen LogP contribution in [0.15, 0.2) is 24.3 Å². The lowest BCUT2D eigenvalue weighted by Crippen LogP contribution is -2.49. The van der Waals surface area contributed by atoms with Crippen molar-refractivity contribution in [3.63, 3.8) is 0 Å². The summed E-state index contributed by atoms with van der Waals surface area (Å²) in [6.07, 6.45) is 0.517. The van der Waals surface area contributed by atoms with Crippen LogP contribution in [0.5, 0.6) is 0 Å². The molecule has 0 saturated heterocycles. The second-order valence-electron chi connectivity index (χ2n) is 5.97. The van der Waals surface area contributed by atoms with E-state index in [4.69, 9.17) is 10.5 Å². The number of ether oxygens (including phenoxy) is 1. The first-order chi connectivity index (χ1) is 8.90. The number of carbonyl (C=O) groups excluding carboxylic acids is 1. The Morgan fingerprint density at radius 2 is 2.00 bits per heavy atom. The van der Waals surface area contributed by atoms with E-state index >= 15 is 0 Å². The topological polar surface area (TPSA) is 55.6 Å². The number of nitrogens with two attached hydrogens (primary N) is 1. The van der Waals surface area contributed by atoms with Gasteiger partial charge in [-0.3, -0.25) is 4.90 Å². The van der Waals surface area contributed by atoms with Crippen molar-refractivity contribution < 1.29 is 9.53 Å². The Balaban J connectivity index is 2.19. The highest BCUT2D eigenvalue weighted by molar-refractivity contribution is 5.69. The first kappa shape index (κ1) is 13.9. The largest absolute Gasteiger partial charge is 0.444 e. The molecule has 2 rings (SSSR count). The van der Waals surface area contributed by atoms with Gasteiger partial charge in [-0.05, 0) is 38.3 Å². The molecule has 0 aromatic heterocycles. The zero-order chi connectivity index (χ0) is 14.0. The second kappa shape index (κ2) is 5.21. The van der Waals surface area contributed by atoms with Crippen molar-refractivity contribution in [2.45, 2.75) is 45.4 Å². The number of hydrogen-bond acceptors (Lipinski definition) is 3. The number of carbonyl (C=O) groups is 1. The van der Waals surface area contributed by atoms with Crippen LogP contribution in [0.3, 0.4) is 0 Å².